The van der Waals surface area contributed by atoms with E-state index in [1.165, 1.54) is 13.3 Å². The van der Waals surface area contributed by atoms with Crippen molar-refractivity contribution in [1.82, 2.24) is 4.90 Å². The topological polar surface area (TPSA) is 80.5 Å². The fourth-order valence-electron chi connectivity index (χ4n) is 3.39. The Bertz CT molecular complexity index is 399. The molecule has 1 heterocycles. The second kappa shape index (κ2) is 5.31. The Hall–Kier alpha value is -1.39. The van der Waals surface area contributed by atoms with Crippen molar-refractivity contribution in [2.45, 2.75) is 57.9 Å². The number of hydrogen-bond donors (Lipinski definition) is 1. The second-order valence-corrected chi connectivity index (χ2v) is 5.91. The highest BCUT2D eigenvalue weighted by atomic mass is 16.2. The second-order valence-electron chi connectivity index (χ2n) is 5.91. The van der Waals surface area contributed by atoms with Gasteiger partial charge < -0.3 is 10.6 Å². The van der Waals surface area contributed by atoms with Gasteiger partial charge >= 0.3 is 0 Å². The Labute approximate surface area is 113 Å². The van der Waals surface area contributed by atoms with Crippen LogP contribution in [0.4, 0.5) is 0 Å². The van der Waals surface area contributed by atoms with E-state index in [9.17, 15) is 14.4 Å². The average Bonchev–Trinajstić information content (AvgIpc) is 2.38. The number of hydrogen-bond acceptors (Lipinski definition) is 3. The number of ketones is 1. The number of rotatable bonds is 5. The molecule has 2 fully saturated rings. The largest absolute Gasteiger partial charge is 0.370 e. The summed E-state index contributed by atoms with van der Waals surface area (Å²) in [4.78, 5) is 36.5. The fourth-order valence-corrected chi connectivity index (χ4v) is 3.39. The van der Waals surface area contributed by atoms with Crippen LogP contribution < -0.4 is 5.73 Å². The summed E-state index contributed by atoms with van der Waals surface area (Å²) in [5.74, 6) is -0.372. The normalized spacial score (nSPS) is 23.0. The molecule has 19 heavy (non-hydrogen) atoms. The first-order valence-electron chi connectivity index (χ1n) is 7.06. The first-order chi connectivity index (χ1) is 8.96. The van der Waals surface area contributed by atoms with Crippen LogP contribution in [0.1, 0.15) is 51.9 Å². The molecule has 1 unspecified atom stereocenters. The van der Waals surface area contributed by atoms with Crippen molar-refractivity contribution in [2.24, 2.45) is 11.1 Å². The van der Waals surface area contributed by atoms with Crippen LogP contribution in [-0.4, -0.2) is 35.1 Å². The molecule has 1 atom stereocenters. The maximum absolute atomic E-state index is 12.4. The zero-order valence-corrected chi connectivity index (χ0v) is 11.5. The first-order valence-corrected chi connectivity index (χ1v) is 7.06. The Balaban J connectivity index is 1.99. The van der Waals surface area contributed by atoms with Crippen LogP contribution in [0.25, 0.3) is 0 Å². The molecule has 5 heteroatoms. The van der Waals surface area contributed by atoms with Crippen molar-refractivity contribution in [2.75, 3.05) is 6.54 Å². The number of Topliss-reactive ketones (excluding diaryl/α,β-unsaturated/α-hetero) is 1. The van der Waals surface area contributed by atoms with Gasteiger partial charge in [0, 0.05) is 13.0 Å². The van der Waals surface area contributed by atoms with Crippen molar-refractivity contribution in [3.63, 3.8) is 0 Å². The third kappa shape index (κ3) is 2.65. The van der Waals surface area contributed by atoms with Gasteiger partial charge in [-0.15, -0.1) is 0 Å². The number of amides is 2. The number of nitrogens with zero attached hydrogens (tertiary/aromatic N) is 1. The third-order valence-corrected chi connectivity index (χ3v) is 4.51. The minimum absolute atomic E-state index is 0.0553. The van der Waals surface area contributed by atoms with Gasteiger partial charge in [0.25, 0.3) is 0 Å². The Morgan fingerprint density at radius 2 is 1.95 bits per heavy atom. The number of carbonyl (C=O) groups excluding carboxylic acids is 3. The van der Waals surface area contributed by atoms with Crippen LogP contribution in [-0.2, 0) is 14.4 Å². The van der Waals surface area contributed by atoms with Crippen LogP contribution in [0.5, 0.6) is 0 Å². The van der Waals surface area contributed by atoms with Crippen molar-refractivity contribution < 1.29 is 14.4 Å². The van der Waals surface area contributed by atoms with Gasteiger partial charge in [0.05, 0.1) is 11.5 Å². The number of nitrogens with two attached hydrogens (primary N) is 1. The van der Waals surface area contributed by atoms with Crippen LogP contribution in [0.2, 0.25) is 0 Å². The monoisotopic (exact) mass is 266 g/mol. The van der Waals surface area contributed by atoms with E-state index in [1.54, 1.807) is 4.90 Å². The molecule has 2 N–H and O–H groups in total. The zero-order valence-electron chi connectivity index (χ0n) is 11.5. The summed E-state index contributed by atoms with van der Waals surface area (Å²) in [5.41, 5.74) is 4.92. The summed E-state index contributed by atoms with van der Waals surface area (Å²) >= 11 is 0. The lowest BCUT2D eigenvalue weighted by Crippen LogP contribution is -2.66. The van der Waals surface area contributed by atoms with E-state index < -0.39 is 11.9 Å². The third-order valence-electron chi connectivity index (χ3n) is 4.51. The molecule has 0 bridgehead atoms. The van der Waals surface area contributed by atoms with Gasteiger partial charge in [0.2, 0.25) is 11.8 Å². The number of likely N-dealkylation sites (tertiary alicyclic amines) is 1. The van der Waals surface area contributed by atoms with Crippen molar-refractivity contribution in [3.8, 4) is 0 Å². The number of carbonyl (C=O) groups is 3. The molecule has 1 saturated carbocycles. The number of β-lactam (4-membered cyclic amide) rings is 1. The molecule has 1 aliphatic heterocycles. The summed E-state index contributed by atoms with van der Waals surface area (Å²) in [7, 11) is 0. The number of primary amides is 1. The SMILES string of the molecule is CC(=O)C(CCC(N)=O)N1CC2(CCCCC2)C1=O. The lowest BCUT2D eigenvalue weighted by molar-refractivity contribution is -0.170. The predicted octanol–water partition coefficient (Wildman–Crippen LogP) is 1.00. The van der Waals surface area contributed by atoms with Crippen molar-refractivity contribution >= 4 is 17.6 Å². The van der Waals surface area contributed by atoms with E-state index in [0.29, 0.717) is 13.0 Å². The fraction of sp³-hybridized carbons (Fsp3) is 0.786. The van der Waals surface area contributed by atoms with Crippen molar-refractivity contribution in [3.05, 3.63) is 0 Å². The molecule has 2 rings (SSSR count). The molecule has 106 valence electrons. The van der Waals surface area contributed by atoms with Gasteiger partial charge in [-0.2, -0.15) is 0 Å². The molecule has 5 nitrogen and oxygen atoms in total. The Kier molecular flexibility index (Phi) is 3.92. The predicted molar refractivity (Wildman–Crippen MR) is 70.1 cm³/mol. The van der Waals surface area contributed by atoms with Gasteiger partial charge in [0.1, 0.15) is 0 Å². The lowest BCUT2D eigenvalue weighted by atomic mass is 9.67. The summed E-state index contributed by atoms with van der Waals surface area (Å²) in [5, 5.41) is 0. The molecular formula is C14H22N2O3. The van der Waals surface area contributed by atoms with Crippen LogP contribution >= 0.6 is 0 Å². The van der Waals surface area contributed by atoms with Gasteiger partial charge in [0.15, 0.2) is 5.78 Å². The van der Waals surface area contributed by atoms with Crippen LogP contribution in [0.3, 0.4) is 0 Å². The summed E-state index contributed by atoms with van der Waals surface area (Å²) in [6, 6.07) is -0.465. The smallest absolute Gasteiger partial charge is 0.231 e. The summed E-state index contributed by atoms with van der Waals surface area (Å²) in [6.07, 6.45) is 5.81. The van der Waals surface area contributed by atoms with E-state index in [1.807, 2.05) is 0 Å². The zero-order chi connectivity index (χ0) is 14.0. The molecular weight excluding hydrogens is 244 g/mol. The van der Waals surface area contributed by atoms with E-state index in [2.05, 4.69) is 0 Å². The summed E-state index contributed by atoms with van der Waals surface area (Å²) in [6.45, 7) is 2.15. The van der Waals surface area contributed by atoms with Gasteiger partial charge in [-0.3, -0.25) is 14.4 Å². The molecule has 0 radical (unpaired) electrons. The Morgan fingerprint density at radius 3 is 2.42 bits per heavy atom. The standard InChI is InChI=1S/C14H22N2O3/c1-10(17)11(5-6-12(15)18)16-9-14(13(16)19)7-3-2-4-8-14/h11H,2-9H2,1H3,(H2,15,18). The molecule has 1 saturated heterocycles. The van der Waals surface area contributed by atoms with Gasteiger partial charge in [-0.05, 0) is 26.2 Å². The first kappa shape index (κ1) is 14.0. The maximum Gasteiger partial charge on any atom is 0.231 e. The highest BCUT2D eigenvalue weighted by molar-refractivity contribution is 5.94. The summed E-state index contributed by atoms with van der Waals surface area (Å²) < 4.78 is 0. The average molecular weight is 266 g/mol. The van der Waals surface area contributed by atoms with Crippen LogP contribution in [0.15, 0.2) is 0 Å². The quantitative estimate of drug-likeness (QED) is 0.754. The minimum Gasteiger partial charge on any atom is -0.370 e. The molecule has 2 amide bonds. The van der Waals surface area contributed by atoms with Crippen molar-refractivity contribution in [1.29, 1.82) is 0 Å². The molecule has 0 aromatic carbocycles. The lowest BCUT2D eigenvalue weighted by Gasteiger charge is -2.53. The van der Waals surface area contributed by atoms with E-state index in [0.717, 1.165) is 25.7 Å². The van der Waals surface area contributed by atoms with E-state index in [4.69, 9.17) is 5.73 Å². The van der Waals surface area contributed by atoms with E-state index >= 15 is 0 Å². The highest BCUT2D eigenvalue weighted by Crippen LogP contribution is 2.46. The molecule has 0 aromatic heterocycles. The van der Waals surface area contributed by atoms with Gasteiger partial charge in [-0.25, -0.2) is 0 Å². The van der Waals surface area contributed by atoms with Gasteiger partial charge in [-0.1, -0.05) is 19.3 Å². The minimum atomic E-state index is -0.465. The molecule has 0 aromatic rings. The maximum atomic E-state index is 12.4. The Morgan fingerprint density at radius 1 is 1.32 bits per heavy atom. The highest BCUT2D eigenvalue weighted by Gasteiger charge is 2.54. The molecule has 1 spiro atoms. The van der Waals surface area contributed by atoms with E-state index in [-0.39, 0.29) is 23.5 Å². The van der Waals surface area contributed by atoms with Crippen LogP contribution in [0, 0.1) is 5.41 Å². The molecule has 2 aliphatic rings. The molecule has 1 aliphatic carbocycles.